The summed E-state index contributed by atoms with van der Waals surface area (Å²) in [5.41, 5.74) is 2.48. The number of hydrogen-bond donors (Lipinski definition) is 3. The number of amides is 2. The fourth-order valence-electron chi connectivity index (χ4n) is 3.61. The van der Waals surface area contributed by atoms with Crippen LogP contribution in [0.3, 0.4) is 0 Å². The van der Waals surface area contributed by atoms with E-state index in [1.54, 1.807) is 6.07 Å². The maximum absolute atomic E-state index is 12.7. The summed E-state index contributed by atoms with van der Waals surface area (Å²) in [6, 6.07) is 15.0. The van der Waals surface area contributed by atoms with Gasteiger partial charge in [0.2, 0.25) is 11.8 Å². The number of rotatable bonds is 8. The quantitative estimate of drug-likeness (QED) is 0.382. The molecule has 0 aliphatic heterocycles. The molecule has 0 saturated carbocycles. The molecule has 0 radical (unpaired) electrons. The Morgan fingerprint density at radius 3 is 2.34 bits per heavy atom. The standard InChI is InChI=1S/C25H28N2O4S/c1-3-22(24(29)26-17-13-11-16(2)12-14-17)32-19-8-6-7-18(15-19)27-23(28)20-9-4-5-10-21(20)25(30)31/h4-8,11-15,20-22H,3,9-10H2,1-2H3,(H,26,29)(H,27,28)(H,30,31). The van der Waals surface area contributed by atoms with E-state index in [1.807, 2.05) is 68.5 Å². The molecule has 0 heterocycles. The molecule has 0 bridgehead atoms. The predicted octanol–water partition coefficient (Wildman–Crippen LogP) is 5.11. The van der Waals surface area contributed by atoms with Crippen LogP contribution in [0.2, 0.25) is 0 Å². The summed E-state index contributed by atoms with van der Waals surface area (Å²) in [4.78, 5) is 37.8. The van der Waals surface area contributed by atoms with Gasteiger partial charge in [-0.3, -0.25) is 14.4 Å². The van der Waals surface area contributed by atoms with Crippen LogP contribution in [0.5, 0.6) is 0 Å². The van der Waals surface area contributed by atoms with Crippen LogP contribution in [0.4, 0.5) is 11.4 Å². The Kier molecular flexibility index (Phi) is 8.11. The third kappa shape index (κ3) is 6.23. The third-order valence-corrected chi connectivity index (χ3v) is 6.81. The predicted molar refractivity (Wildman–Crippen MR) is 128 cm³/mol. The topological polar surface area (TPSA) is 95.5 Å². The number of benzene rings is 2. The first kappa shape index (κ1) is 23.6. The zero-order chi connectivity index (χ0) is 23.1. The van der Waals surface area contributed by atoms with E-state index in [2.05, 4.69) is 10.6 Å². The van der Waals surface area contributed by atoms with E-state index in [0.717, 1.165) is 16.1 Å². The third-order valence-electron chi connectivity index (χ3n) is 5.45. The fourth-order valence-corrected chi connectivity index (χ4v) is 4.62. The molecule has 6 nitrogen and oxygen atoms in total. The lowest BCUT2D eigenvalue weighted by Crippen LogP contribution is -2.34. The number of nitrogens with one attached hydrogen (secondary N) is 2. The molecule has 3 rings (SSSR count). The molecule has 168 valence electrons. The summed E-state index contributed by atoms with van der Waals surface area (Å²) < 4.78 is 0. The maximum atomic E-state index is 12.7. The van der Waals surface area contributed by atoms with Crippen molar-refractivity contribution in [3.63, 3.8) is 0 Å². The molecule has 2 aromatic rings. The van der Waals surface area contributed by atoms with Crippen molar-refractivity contribution in [1.82, 2.24) is 0 Å². The van der Waals surface area contributed by atoms with E-state index in [9.17, 15) is 19.5 Å². The molecule has 0 fully saturated rings. The van der Waals surface area contributed by atoms with E-state index in [0.29, 0.717) is 24.9 Å². The molecule has 3 unspecified atom stereocenters. The minimum Gasteiger partial charge on any atom is -0.481 e. The number of anilines is 2. The van der Waals surface area contributed by atoms with Gasteiger partial charge in [0.1, 0.15) is 0 Å². The summed E-state index contributed by atoms with van der Waals surface area (Å²) in [6.07, 6.45) is 5.08. The van der Waals surface area contributed by atoms with Crippen molar-refractivity contribution < 1.29 is 19.5 Å². The largest absolute Gasteiger partial charge is 0.481 e. The van der Waals surface area contributed by atoms with Gasteiger partial charge in [-0.05, 0) is 56.5 Å². The van der Waals surface area contributed by atoms with Gasteiger partial charge in [-0.1, -0.05) is 42.8 Å². The Balaban J connectivity index is 1.64. The average Bonchev–Trinajstić information content (AvgIpc) is 2.79. The molecule has 1 aliphatic carbocycles. The van der Waals surface area contributed by atoms with Crippen LogP contribution in [-0.2, 0) is 14.4 Å². The van der Waals surface area contributed by atoms with Crippen molar-refractivity contribution in [2.75, 3.05) is 10.6 Å². The number of carboxylic acids is 1. The van der Waals surface area contributed by atoms with Crippen molar-refractivity contribution in [1.29, 1.82) is 0 Å². The minimum absolute atomic E-state index is 0.0749. The van der Waals surface area contributed by atoms with E-state index < -0.39 is 17.8 Å². The SMILES string of the molecule is CCC(Sc1cccc(NC(=O)C2CC=CCC2C(=O)O)c1)C(=O)Nc1ccc(C)cc1. The number of hydrogen-bond acceptors (Lipinski definition) is 4. The van der Waals surface area contributed by atoms with Gasteiger partial charge in [0.15, 0.2) is 0 Å². The summed E-state index contributed by atoms with van der Waals surface area (Å²) >= 11 is 1.43. The van der Waals surface area contributed by atoms with Gasteiger partial charge >= 0.3 is 5.97 Å². The van der Waals surface area contributed by atoms with Crippen molar-refractivity contribution in [3.8, 4) is 0 Å². The normalized spacial score (nSPS) is 18.6. The van der Waals surface area contributed by atoms with Crippen LogP contribution in [-0.4, -0.2) is 28.1 Å². The molecular weight excluding hydrogens is 424 g/mol. The first-order valence-electron chi connectivity index (χ1n) is 10.7. The molecule has 1 aliphatic rings. The van der Waals surface area contributed by atoms with Gasteiger partial charge in [0.25, 0.3) is 0 Å². The van der Waals surface area contributed by atoms with Gasteiger partial charge in [-0.15, -0.1) is 11.8 Å². The van der Waals surface area contributed by atoms with E-state index in [4.69, 9.17) is 0 Å². The second kappa shape index (κ2) is 11.0. The molecule has 0 spiro atoms. The maximum Gasteiger partial charge on any atom is 0.307 e. The van der Waals surface area contributed by atoms with Crippen LogP contribution < -0.4 is 10.6 Å². The molecule has 32 heavy (non-hydrogen) atoms. The second-order valence-electron chi connectivity index (χ2n) is 7.88. The van der Waals surface area contributed by atoms with Gasteiger partial charge in [-0.25, -0.2) is 0 Å². The summed E-state index contributed by atoms with van der Waals surface area (Å²) in [6.45, 7) is 3.95. The van der Waals surface area contributed by atoms with Gasteiger partial charge < -0.3 is 15.7 Å². The highest BCUT2D eigenvalue weighted by molar-refractivity contribution is 8.00. The number of aliphatic carboxylic acids is 1. The van der Waals surface area contributed by atoms with Crippen LogP contribution in [0.25, 0.3) is 0 Å². The number of carbonyl (C=O) groups excluding carboxylic acids is 2. The first-order chi connectivity index (χ1) is 15.4. The highest BCUT2D eigenvalue weighted by Crippen LogP contribution is 2.30. The summed E-state index contributed by atoms with van der Waals surface area (Å²) in [5.74, 6) is -2.64. The zero-order valence-corrected chi connectivity index (χ0v) is 19.0. The van der Waals surface area contributed by atoms with Crippen molar-refractivity contribution >= 4 is 40.9 Å². The van der Waals surface area contributed by atoms with E-state index in [-0.39, 0.29) is 17.1 Å². The number of carboxylic acid groups (broad SMARTS) is 1. The molecule has 3 atom stereocenters. The Morgan fingerprint density at radius 1 is 1.00 bits per heavy atom. The van der Waals surface area contributed by atoms with E-state index in [1.165, 1.54) is 11.8 Å². The number of thioether (sulfide) groups is 1. The number of carbonyl (C=O) groups is 3. The lowest BCUT2D eigenvalue weighted by molar-refractivity contribution is -0.146. The lowest BCUT2D eigenvalue weighted by atomic mass is 9.82. The smallest absolute Gasteiger partial charge is 0.307 e. The highest BCUT2D eigenvalue weighted by atomic mass is 32.2. The Labute approximate surface area is 192 Å². The molecule has 2 aromatic carbocycles. The summed E-state index contributed by atoms with van der Waals surface area (Å²) in [7, 11) is 0. The van der Waals surface area contributed by atoms with Crippen molar-refractivity contribution in [2.45, 2.75) is 43.3 Å². The average molecular weight is 453 g/mol. The fraction of sp³-hybridized carbons (Fsp3) is 0.320. The van der Waals surface area contributed by atoms with Crippen LogP contribution in [0.1, 0.15) is 31.7 Å². The van der Waals surface area contributed by atoms with Crippen LogP contribution in [0.15, 0.2) is 65.6 Å². The minimum atomic E-state index is -0.954. The molecule has 0 saturated heterocycles. The molecular formula is C25H28N2O4S. The van der Waals surface area contributed by atoms with Crippen LogP contribution >= 0.6 is 11.8 Å². The number of allylic oxidation sites excluding steroid dienone is 2. The molecule has 7 heteroatoms. The Bertz CT molecular complexity index is 1000. The van der Waals surface area contributed by atoms with E-state index >= 15 is 0 Å². The zero-order valence-electron chi connectivity index (χ0n) is 18.2. The monoisotopic (exact) mass is 452 g/mol. The number of aryl methyl sites for hydroxylation is 1. The molecule has 3 N–H and O–H groups in total. The van der Waals surface area contributed by atoms with Crippen molar-refractivity contribution in [3.05, 3.63) is 66.2 Å². The molecule has 2 amide bonds. The Morgan fingerprint density at radius 2 is 1.69 bits per heavy atom. The van der Waals surface area contributed by atoms with Gasteiger partial charge in [-0.2, -0.15) is 0 Å². The second-order valence-corrected chi connectivity index (χ2v) is 9.16. The van der Waals surface area contributed by atoms with Crippen LogP contribution in [0, 0.1) is 18.8 Å². The lowest BCUT2D eigenvalue weighted by Gasteiger charge is -2.24. The Hall–Kier alpha value is -3.06. The molecule has 0 aromatic heterocycles. The van der Waals surface area contributed by atoms with Gasteiger partial charge in [0, 0.05) is 16.3 Å². The van der Waals surface area contributed by atoms with Crippen molar-refractivity contribution in [2.24, 2.45) is 11.8 Å². The van der Waals surface area contributed by atoms with Gasteiger partial charge in [0.05, 0.1) is 17.1 Å². The summed E-state index contributed by atoms with van der Waals surface area (Å²) in [5, 5.41) is 14.9. The highest BCUT2D eigenvalue weighted by Gasteiger charge is 2.34. The first-order valence-corrected chi connectivity index (χ1v) is 11.6.